The van der Waals surface area contributed by atoms with Crippen molar-refractivity contribution in [3.05, 3.63) is 76.3 Å². The Morgan fingerprint density at radius 1 is 1.14 bits per heavy atom. The minimum absolute atomic E-state index is 0.0518. The van der Waals surface area contributed by atoms with Gasteiger partial charge in [-0.25, -0.2) is 0 Å². The molecule has 0 fully saturated rings. The lowest BCUT2D eigenvalue weighted by Gasteiger charge is -2.17. The highest BCUT2D eigenvalue weighted by molar-refractivity contribution is 5.94. The molecule has 3 aromatic carbocycles. The van der Waals surface area contributed by atoms with Crippen LogP contribution < -0.4 is 15.4 Å². The van der Waals surface area contributed by atoms with Crippen LogP contribution in [0.15, 0.2) is 60.7 Å². The van der Waals surface area contributed by atoms with E-state index in [1.54, 1.807) is 0 Å². The van der Waals surface area contributed by atoms with E-state index in [1.807, 2.05) is 43.3 Å². The number of anilines is 1. The first-order valence-electron chi connectivity index (χ1n) is 8.83. The van der Waals surface area contributed by atoms with E-state index >= 15 is 0 Å². The normalized spacial score (nSPS) is 11.8. The third-order valence-electron chi connectivity index (χ3n) is 4.53. The van der Waals surface area contributed by atoms with Crippen LogP contribution in [0.25, 0.3) is 10.8 Å². The van der Waals surface area contributed by atoms with E-state index in [4.69, 9.17) is 4.74 Å². The van der Waals surface area contributed by atoms with Gasteiger partial charge in [-0.3, -0.25) is 14.9 Å². The van der Waals surface area contributed by atoms with Crippen LogP contribution in [0.5, 0.6) is 5.75 Å². The van der Waals surface area contributed by atoms with Crippen molar-refractivity contribution in [3.8, 4) is 5.75 Å². The first-order chi connectivity index (χ1) is 13.5. The maximum Gasteiger partial charge on any atom is 0.271 e. The third kappa shape index (κ3) is 4.27. The van der Waals surface area contributed by atoms with E-state index in [0.29, 0.717) is 5.75 Å². The maximum atomic E-state index is 12.4. The fourth-order valence-electron chi connectivity index (χ4n) is 3.09. The van der Waals surface area contributed by atoms with E-state index in [9.17, 15) is 14.9 Å². The number of nitrogens with zero attached hydrogens (tertiary/aromatic N) is 1. The first-order valence-corrected chi connectivity index (χ1v) is 8.83. The van der Waals surface area contributed by atoms with E-state index in [0.717, 1.165) is 16.3 Å². The summed E-state index contributed by atoms with van der Waals surface area (Å²) in [5, 5.41) is 19.1. The molecule has 1 atom stereocenters. The molecule has 0 heterocycles. The SMILES string of the molecule is COc1ccc([N+](=O)[O-])cc1NC(=O)CN[C@H](C)c1cccc2ccccc12. The first kappa shape index (κ1) is 19.3. The zero-order valence-electron chi connectivity index (χ0n) is 15.6. The number of benzene rings is 3. The fourth-order valence-corrected chi connectivity index (χ4v) is 3.09. The summed E-state index contributed by atoms with van der Waals surface area (Å²) in [7, 11) is 1.44. The van der Waals surface area contributed by atoms with Crippen molar-refractivity contribution in [2.45, 2.75) is 13.0 Å². The minimum Gasteiger partial charge on any atom is -0.495 e. The van der Waals surface area contributed by atoms with Gasteiger partial charge in [-0.05, 0) is 29.3 Å². The summed E-state index contributed by atoms with van der Waals surface area (Å²) < 4.78 is 5.17. The Morgan fingerprint density at radius 3 is 2.64 bits per heavy atom. The van der Waals surface area contributed by atoms with Crippen LogP contribution in [0.2, 0.25) is 0 Å². The van der Waals surface area contributed by atoms with Crippen LogP contribution in [0.4, 0.5) is 11.4 Å². The smallest absolute Gasteiger partial charge is 0.271 e. The lowest BCUT2D eigenvalue weighted by atomic mass is 10.00. The predicted molar refractivity (Wildman–Crippen MR) is 109 cm³/mol. The number of rotatable bonds is 7. The van der Waals surface area contributed by atoms with Crippen LogP contribution in [0.3, 0.4) is 0 Å². The molecule has 3 aromatic rings. The molecule has 0 spiro atoms. The quantitative estimate of drug-likeness (QED) is 0.477. The van der Waals surface area contributed by atoms with E-state index < -0.39 is 4.92 Å². The van der Waals surface area contributed by atoms with Crippen LogP contribution in [0.1, 0.15) is 18.5 Å². The Labute approximate surface area is 162 Å². The van der Waals surface area contributed by atoms with Gasteiger partial charge in [0.15, 0.2) is 0 Å². The molecule has 0 unspecified atom stereocenters. The number of nitro groups is 1. The average Bonchev–Trinajstić information content (AvgIpc) is 2.71. The van der Waals surface area contributed by atoms with Gasteiger partial charge in [0.05, 0.1) is 24.3 Å². The summed E-state index contributed by atoms with van der Waals surface area (Å²) in [6, 6.07) is 18.2. The number of carbonyl (C=O) groups excluding carboxylic acids is 1. The third-order valence-corrected chi connectivity index (χ3v) is 4.53. The van der Waals surface area contributed by atoms with Gasteiger partial charge in [0.1, 0.15) is 5.75 Å². The van der Waals surface area contributed by atoms with Gasteiger partial charge < -0.3 is 15.4 Å². The van der Waals surface area contributed by atoms with E-state index in [1.165, 1.54) is 25.3 Å². The Balaban J connectivity index is 1.69. The van der Waals surface area contributed by atoms with E-state index in [-0.39, 0.29) is 29.9 Å². The number of non-ortho nitro benzene ring substituents is 1. The lowest BCUT2D eigenvalue weighted by molar-refractivity contribution is -0.384. The van der Waals surface area contributed by atoms with E-state index in [2.05, 4.69) is 16.7 Å². The Hall–Kier alpha value is -3.45. The van der Waals surface area contributed by atoms with Crippen molar-refractivity contribution >= 4 is 28.1 Å². The molecule has 0 radical (unpaired) electrons. The molecule has 0 saturated heterocycles. The number of amides is 1. The number of ether oxygens (including phenoxy) is 1. The van der Waals surface area contributed by atoms with Crippen molar-refractivity contribution in [2.24, 2.45) is 0 Å². The van der Waals surface area contributed by atoms with Crippen LogP contribution >= 0.6 is 0 Å². The molecule has 0 aliphatic rings. The number of hydrogen-bond acceptors (Lipinski definition) is 5. The molecule has 2 N–H and O–H groups in total. The molecular formula is C21H21N3O4. The number of fused-ring (bicyclic) bond motifs is 1. The number of nitrogens with one attached hydrogen (secondary N) is 2. The van der Waals surface area contributed by atoms with Crippen molar-refractivity contribution in [1.82, 2.24) is 5.32 Å². The Bertz CT molecular complexity index is 1010. The number of hydrogen-bond donors (Lipinski definition) is 2. The van der Waals surface area contributed by atoms with Gasteiger partial charge in [-0.15, -0.1) is 0 Å². The molecule has 3 rings (SSSR count). The van der Waals surface area contributed by atoms with Gasteiger partial charge in [-0.1, -0.05) is 42.5 Å². The van der Waals surface area contributed by atoms with Gasteiger partial charge >= 0.3 is 0 Å². The summed E-state index contributed by atoms with van der Waals surface area (Å²) in [5.41, 5.74) is 1.24. The summed E-state index contributed by atoms with van der Waals surface area (Å²) in [4.78, 5) is 22.8. The largest absolute Gasteiger partial charge is 0.495 e. The molecule has 28 heavy (non-hydrogen) atoms. The van der Waals surface area contributed by atoms with Gasteiger partial charge in [-0.2, -0.15) is 0 Å². The molecule has 0 aliphatic heterocycles. The molecule has 7 nitrogen and oxygen atoms in total. The number of nitro benzene ring substituents is 1. The van der Waals surface area contributed by atoms with Gasteiger partial charge in [0.25, 0.3) is 5.69 Å². The second-order valence-electron chi connectivity index (χ2n) is 6.36. The highest BCUT2D eigenvalue weighted by atomic mass is 16.6. The Morgan fingerprint density at radius 2 is 1.89 bits per heavy atom. The Kier molecular flexibility index (Phi) is 5.86. The topological polar surface area (TPSA) is 93.5 Å². The molecule has 0 saturated carbocycles. The molecule has 144 valence electrons. The zero-order chi connectivity index (χ0) is 20.1. The molecule has 0 bridgehead atoms. The summed E-state index contributed by atoms with van der Waals surface area (Å²) in [5.74, 6) is 0.0481. The average molecular weight is 379 g/mol. The van der Waals surface area contributed by atoms with Crippen molar-refractivity contribution in [3.63, 3.8) is 0 Å². The minimum atomic E-state index is -0.518. The predicted octanol–water partition coefficient (Wildman–Crippen LogP) is 4.05. The molecule has 1 amide bonds. The lowest BCUT2D eigenvalue weighted by Crippen LogP contribution is -2.30. The van der Waals surface area contributed by atoms with Crippen molar-refractivity contribution in [2.75, 3.05) is 19.0 Å². The van der Waals surface area contributed by atoms with Crippen LogP contribution in [0, 0.1) is 10.1 Å². The van der Waals surface area contributed by atoms with Crippen LogP contribution in [-0.2, 0) is 4.79 Å². The highest BCUT2D eigenvalue weighted by Gasteiger charge is 2.15. The highest BCUT2D eigenvalue weighted by Crippen LogP contribution is 2.29. The molecule has 0 aromatic heterocycles. The number of carbonyl (C=O) groups is 1. The summed E-state index contributed by atoms with van der Waals surface area (Å²) in [6.07, 6.45) is 0. The molecular weight excluding hydrogens is 358 g/mol. The monoisotopic (exact) mass is 379 g/mol. The van der Waals surface area contributed by atoms with Gasteiger partial charge in [0, 0.05) is 18.2 Å². The molecule has 7 heteroatoms. The summed E-state index contributed by atoms with van der Waals surface area (Å²) in [6.45, 7) is 2.04. The second kappa shape index (κ2) is 8.49. The molecule has 0 aliphatic carbocycles. The maximum absolute atomic E-state index is 12.4. The number of methoxy groups -OCH3 is 1. The second-order valence-corrected chi connectivity index (χ2v) is 6.36. The van der Waals surface area contributed by atoms with Crippen molar-refractivity contribution < 1.29 is 14.5 Å². The fraction of sp³-hybridized carbons (Fsp3) is 0.190. The van der Waals surface area contributed by atoms with Crippen molar-refractivity contribution in [1.29, 1.82) is 0 Å². The van der Waals surface area contributed by atoms with Gasteiger partial charge in [0.2, 0.25) is 5.91 Å². The summed E-state index contributed by atoms with van der Waals surface area (Å²) >= 11 is 0. The van der Waals surface area contributed by atoms with Crippen LogP contribution in [-0.4, -0.2) is 24.5 Å². The standard InChI is InChI=1S/C21H21N3O4/c1-14(17-9-5-7-15-6-3-4-8-18(15)17)22-13-21(25)23-19-12-16(24(26)27)10-11-20(19)28-2/h3-12,14,22H,13H2,1-2H3,(H,23,25)/t14-/m1/s1. The zero-order valence-corrected chi connectivity index (χ0v) is 15.6.